The number of aliphatic hydroxyl groups excluding tert-OH is 1. The summed E-state index contributed by atoms with van der Waals surface area (Å²) >= 11 is 0. The quantitative estimate of drug-likeness (QED) is 0.837. The van der Waals surface area contributed by atoms with Crippen LogP contribution in [-0.2, 0) is 5.54 Å². The second-order valence-electron chi connectivity index (χ2n) is 3.66. The molecule has 1 atom stereocenters. The van der Waals surface area contributed by atoms with Crippen molar-refractivity contribution in [3.05, 3.63) is 35.9 Å². The Balaban J connectivity index is 3.05. The van der Waals surface area contributed by atoms with Crippen LogP contribution in [-0.4, -0.2) is 17.9 Å². The fourth-order valence-electron chi connectivity index (χ4n) is 1.54. The number of aliphatic hydroxyl groups is 1. The van der Waals surface area contributed by atoms with E-state index in [1.54, 1.807) is 6.07 Å². The van der Waals surface area contributed by atoms with E-state index >= 15 is 0 Å². The molecule has 0 unspecified atom stereocenters. The average molecular weight is 233 g/mol. The monoisotopic (exact) mass is 233 g/mol. The minimum absolute atomic E-state index is 0.0188. The summed E-state index contributed by atoms with van der Waals surface area (Å²) in [6.45, 7) is -0.304. The zero-order valence-electron chi connectivity index (χ0n) is 8.67. The Bertz CT molecular complexity index is 326. The molecule has 0 aliphatic heterocycles. The Morgan fingerprint density at radius 3 is 2.12 bits per heavy atom. The molecule has 1 aromatic carbocycles. The first-order valence-electron chi connectivity index (χ1n) is 4.94. The highest BCUT2D eigenvalue weighted by atomic mass is 19.4. The number of nitrogens with two attached hydrogens (primary N) is 1. The molecule has 0 spiro atoms. The predicted octanol–water partition coefficient (Wildman–Crippen LogP) is 2.18. The molecular formula is C11H14F3NO. The van der Waals surface area contributed by atoms with Gasteiger partial charge in [-0.15, -0.1) is 0 Å². The third-order valence-corrected chi connectivity index (χ3v) is 2.52. The van der Waals surface area contributed by atoms with Gasteiger partial charge in [0, 0.05) is 6.61 Å². The highest BCUT2D eigenvalue weighted by molar-refractivity contribution is 5.25. The van der Waals surface area contributed by atoms with E-state index in [-0.39, 0.29) is 25.0 Å². The smallest absolute Gasteiger partial charge is 0.396 e. The van der Waals surface area contributed by atoms with Crippen LogP contribution in [0, 0.1) is 0 Å². The van der Waals surface area contributed by atoms with Crippen molar-refractivity contribution in [2.24, 2.45) is 5.73 Å². The Morgan fingerprint density at radius 2 is 1.69 bits per heavy atom. The molecule has 0 aliphatic rings. The average Bonchev–Trinajstić information content (AvgIpc) is 2.25. The van der Waals surface area contributed by atoms with Crippen molar-refractivity contribution in [3.8, 4) is 0 Å². The van der Waals surface area contributed by atoms with Crippen LogP contribution in [0.5, 0.6) is 0 Å². The summed E-state index contributed by atoms with van der Waals surface area (Å²) < 4.78 is 38.7. The van der Waals surface area contributed by atoms with Gasteiger partial charge in [0.1, 0.15) is 5.54 Å². The van der Waals surface area contributed by atoms with Crippen LogP contribution in [0.2, 0.25) is 0 Å². The molecule has 16 heavy (non-hydrogen) atoms. The lowest BCUT2D eigenvalue weighted by atomic mass is 9.86. The van der Waals surface area contributed by atoms with Gasteiger partial charge in [0.05, 0.1) is 0 Å². The highest BCUT2D eigenvalue weighted by Crippen LogP contribution is 2.39. The molecule has 0 amide bonds. The number of benzene rings is 1. The van der Waals surface area contributed by atoms with Crippen molar-refractivity contribution in [3.63, 3.8) is 0 Å². The van der Waals surface area contributed by atoms with Gasteiger partial charge in [0.15, 0.2) is 0 Å². The Hall–Kier alpha value is -1.07. The molecule has 2 nitrogen and oxygen atoms in total. The zero-order valence-corrected chi connectivity index (χ0v) is 8.67. The molecule has 0 heterocycles. The predicted molar refractivity (Wildman–Crippen MR) is 54.7 cm³/mol. The third kappa shape index (κ3) is 2.54. The van der Waals surface area contributed by atoms with Gasteiger partial charge in [-0.05, 0) is 18.4 Å². The molecule has 5 heteroatoms. The van der Waals surface area contributed by atoms with E-state index in [0.717, 1.165) is 0 Å². The van der Waals surface area contributed by atoms with Gasteiger partial charge in [-0.25, -0.2) is 0 Å². The molecule has 0 saturated carbocycles. The van der Waals surface area contributed by atoms with Crippen LogP contribution < -0.4 is 5.73 Å². The normalized spacial score (nSPS) is 15.8. The zero-order chi connectivity index (χ0) is 12.2. The minimum atomic E-state index is -4.52. The van der Waals surface area contributed by atoms with Crippen molar-refractivity contribution in [2.45, 2.75) is 24.6 Å². The summed E-state index contributed by atoms with van der Waals surface area (Å²) in [7, 11) is 0. The number of halogens is 3. The van der Waals surface area contributed by atoms with E-state index in [4.69, 9.17) is 10.8 Å². The van der Waals surface area contributed by atoms with Gasteiger partial charge >= 0.3 is 6.18 Å². The van der Waals surface area contributed by atoms with Gasteiger partial charge < -0.3 is 10.8 Å². The van der Waals surface area contributed by atoms with Crippen LogP contribution in [0.1, 0.15) is 18.4 Å². The largest absolute Gasteiger partial charge is 0.410 e. The lowest BCUT2D eigenvalue weighted by Gasteiger charge is -2.32. The Kier molecular flexibility index (Phi) is 3.93. The molecule has 0 radical (unpaired) electrons. The fraction of sp³-hybridized carbons (Fsp3) is 0.455. The van der Waals surface area contributed by atoms with E-state index in [1.807, 2.05) is 0 Å². The number of hydrogen-bond acceptors (Lipinski definition) is 2. The molecule has 0 fully saturated rings. The first-order chi connectivity index (χ1) is 7.42. The van der Waals surface area contributed by atoms with Crippen LogP contribution in [0.4, 0.5) is 13.2 Å². The van der Waals surface area contributed by atoms with Gasteiger partial charge in [-0.3, -0.25) is 0 Å². The van der Waals surface area contributed by atoms with Gasteiger partial charge in [-0.1, -0.05) is 30.3 Å². The Labute approximate surface area is 91.9 Å². The van der Waals surface area contributed by atoms with Crippen LogP contribution in [0.25, 0.3) is 0 Å². The molecule has 90 valence electrons. The second-order valence-corrected chi connectivity index (χ2v) is 3.66. The van der Waals surface area contributed by atoms with E-state index < -0.39 is 11.7 Å². The SMILES string of the molecule is N[C@](CCCO)(c1ccccc1)C(F)(F)F. The van der Waals surface area contributed by atoms with Crippen LogP contribution in [0.15, 0.2) is 30.3 Å². The first kappa shape index (κ1) is 13.0. The van der Waals surface area contributed by atoms with Gasteiger partial charge in [-0.2, -0.15) is 13.2 Å². The van der Waals surface area contributed by atoms with E-state index in [2.05, 4.69) is 0 Å². The summed E-state index contributed by atoms with van der Waals surface area (Å²) in [6, 6.07) is 7.37. The second kappa shape index (κ2) is 4.84. The lowest BCUT2D eigenvalue weighted by molar-refractivity contribution is -0.192. The molecular weight excluding hydrogens is 219 g/mol. The Morgan fingerprint density at radius 1 is 1.12 bits per heavy atom. The molecule has 0 aliphatic carbocycles. The highest BCUT2D eigenvalue weighted by Gasteiger charge is 2.52. The molecule has 1 aromatic rings. The summed E-state index contributed by atoms with van der Waals surface area (Å²) in [5.74, 6) is 0. The van der Waals surface area contributed by atoms with E-state index in [0.29, 0.717) is 0 Å². The van der Waals surface area contributed by atoms with Crippen LogP contribution >= 0.6 is 0 Å². The summed E-state index contributed by atoms with van der Waals surface area (Å²) in [6.07, 6.45) is -4.83. The molecule has 1 rings (SSSR count). The van der Waals surface area contributed by atoms with Crippen LogP contribution in [0.3, 0.4) is 0 Å². The van der Waals surface area contributed by atoms with Crippen molar-refractivity contribution < 1.29 is 18.3 Å². The number of alkyl halides is 3. The molecule has 0 saturated heterocycles. The van der Waals surface area contributed by atoms with Crippen molar-refractivity contribution in [2.75, 3.05) is 6.61 Å². The topological polar surface area (TPSA) is 46.2 Å². The maximum absolute atomic E-state index is 12.9. The minimum Gasteiger partial charge on any atom is -0.396 e. The maximum Gasteiger partial charge on any atom is 0.410 e. The fourth-order valence-corrected chi connectivity index (χ4v) is 1.54. The molecule has 3 N–H and O–H groups in total. The summed E-state index contributed by atoms with van der Waals surface area (Å²) in [4.78, 5) is 0. The van der Waals surface area contributed by atoms with Crippen molar-refractivity contribution >= 4 is 0 Å². The third-order valence-electron chi connectivity index (χ3n) is 2.52. The summed E-state index contributed by atoms with van der Waals surface area (Å²) in [5.41, 5.74) is 3.09. The van der Waals surface area contributed by atoms with Gasteiger partial charge in [0.2, 0.25) is 0 Å². The van der Waals surface area contributed by atoms with Crippen molar-refractivity contribution in [1.29, 1.82) is 0 Å². The van der Waals surface area contributed by atoms with E-state index in [1.165, 1.54) is 24.3 Å². The first-order valence-corrected chi connectivity index (χ1v) is 4.94. The molecule has 0 aromatic heterocycles. The van der Waals surface area contributed by atoms with E-state index in [9.17, 15) is 13.2 Å². The summed E-state index contributed by atoms with van der Waals surface area (Å²) in [5, 5.41) is 8.62. The number of hydrogen-bond donors (Lipinski definition) is 2. The lowest BCUT2D eigenvalue weighted by Crippen LogP contribution is -2.50. The number of rotatable bonds is 4. The standard InChI is InChI=1S/C11H14F3NO/c12-11(13,14)10(15,7-4-8-16)9-5-2-1-3-6-9/h1-3,5-6,16H,4,7-8,15H2/t10-/m1/s1. The van der Waals surface area contributed by atoms with Crippen molar-refractivity contribution in [1.82, 2.24) is 0 Å². The molecule has 0 bridgehead atoms. The van der Waals surface area contributed by atoms with Gasteiger partial charge in [0.25, 0.3) is 0 Å². The maximum atomic E-state index is 12.9.